The van der Waals surface area contributed by atoms with Crippen molar-refractivity contribution in [2.75, 3.05) is 20.2 Å². The number of hydrogen-bond donors (Lipinski definition) is 1. The van der Waals surface area contributed by atoms with Gasteiger partial charge < -0.3 is 14.7 Å². The summed E-state index contributed by atoms with van der Waals surface area (Å²) >= 11 is 0. The summed E-state index contributed by atoms with van der Waals surface area (Å²) in [5, 5.41) is 8.73. The Bertz CT molecular complexity index is 313. The van der Waals surface area contributed by atoms with Crippen LogP contribution in [0.15, 0.2) is 12.2 Å². The van der Waals surface area contributed by atoms with Crippen molar-refractivity contribution < 1.29 is 19.4 Å². The van der Waals surface area contributed by atoms with Gasteiger partial charge in [-0.1, -0.05) is 6.08 Å². The van der Waals surface area contributed by atoms with Gasteiger partial charge in [0.15, 0.2) is 0 Å². The number of carbonyl (C=O) groups is 2. The molecule has 1 N–H and O–H groups in total. The van der Waals surface area contributed by atoms with Crippen molar-refractivity contribution in [2.45, 2.75) is 0 Å². The molecule has 1 amide bonds. The van der Waals surface area contributed by atoms with E-state index in [9.17, 15) is 9.59 Å². The van der Waals surface area contributed by atoms with E-state index in [0.29, 0.717) is 30.8 Å². The Hall–Kier alpha value is -1.52. The Morgan fingerprint density at radius 2 is 2.00 bits per heavy atom. The van der Waals surface area contributed by atoms with Crippen LogP contribution in [0.4, 0.5) is 4.79 Å². The molecule has 2 aliphatic rings. The van der Waals surface area contributed by atoms with Gasteiger partial charge in [0.2, 0.25) is 0 Å². The van der Waals surface area contributed by atoms with Gasteiger partial charge >= 0.3 is 12.1 Å². The topological polar surface area (TPSA) is 66.8 Å². The van der Waals surface area contributed by atoms with Crippen LogP contribution in [0.25, 0.3) is 0 Å². The van der Waals surface area contributed by atoms with E-state index in [1.165, 1.54) is 18.1 Å². The number of esters is 1. The van der Waals surface area contributed by atoms with E-state index in [1.807, 2.05) is 6.08 Å². The molecule has 0 aromatic rings. The number of rotatable bonds is 2. The quantitative estimate of drug-likeness (QED) is 0.535. The van der Waals surface area contributed by atoms with E-state index in [4.69, 9.17) is 5.11 Å². The molecule has 1 saturated carbocycles. The highest BCUT2D eigenvalue weighted by Gasteiger charge is 2.55. The smallest absolute Gasteiger partial charge is 0.407 e. The second-order valence-electron chi connectivity index (χ2n) is 3.97. The second-order valence-corrected chi connectivity index (χ2v) is 3.97. The Morgan fingerprint density at radius 3 is 2.47 bits per heavy atom. The number of ether oxygens (including phenoxy) is 1. The predicted octanol–water partition coefficient (Wildman–Crippen LogP) is 0.571. The van der Waals surface area contributed by atoms with E-state index in [2.05, 4.69) is 4.74 Å². The third-order valence-electron chi connectivity index (χ3n) is 3.19. The largest absolute Gasteiger partial charge is 0.466 e. The summed E-state index contributed by atoms with van der Waals surface area (Å²) in [6, 6.07) is 0. The lowest BCUT2D eigenvalue weighted by Gasteiger charge is -2.14. The Morgan fingerprint density at radius 1 is 1.40 bits per heavy atom. The van der Waals surface area contributed by atoms with Crippen molar-refractivity contribution >= 4 is 12.1 Å². The number of allylic oxidation sites excluding steroid dienone is 1. The van der Waals surface area contributed by atoms with Gasteiger partial charge in [-0.2, -0.15) is 0 Å². The fourth-order valence-corrected chi connectivity index (χ4v) is 2.27. The minimum Gasteiger partial charge on any atom is -0.466 e. The number of hydrogen-bond acceptors (Lipinski definition) is 3. The SMILES string of the molecule is COC(=O)C=CC1C2CN(C(=O)O)CC12. The molecule has 0 radical (unpaired) electrons. The fraction of sp³-hybridized carbons (Fsp3) is 0.600. The zero-order chi connectivity index (χ0) is 11.0. The van der Waals surface area contributed by atoms with Crippen LogP contribution >= 0.6 is 0 Å². The first-order valence-corrected chi connectivity index (χ1v) is 4.87. The molecule has 1 aliphatic heterocycles. The first kappa shape index (κ1) is 10.0. The normalized spacial score (nSPS) is 32.9. The van der Waals surface area contributed by atoms with Gasteiger partial charge in [0.05, 0.1) is 7.11 Å². The van der Waals surface area contributed by atoms with Gasteiger partial charge in [0.1, 0.15) is 0 Å². The number of likely N-dealkylation sites (tertiary alicyclic amines) is 1. The minimum absolute atomic E-state index is 0.352. The average Bonchev–Trinajstić information content (AvgIpc) is 2.67. The zero-order valence-electron chi connectivity index (χ0n) is 8.42. The Labute approximate surface area is 87.3 Å². The predicted molar refractivity (Wildman–Crippen MR) is 51.2 cm³/mol. The lowest BCUT2D eigenvalue weighted by Crippen LogP contribution is -2.29. The third-order valence-corrected chi connectivity index (χ3v) is 3.19. The number of piperidine rings is 1. The minimum atomic E-state index is -0.849. The monoisotopic (exact) mass is 211 g/mol. The molecule has 0 aromatic carbocycles. The van der Waals surface area contributed by atoms with Gasteiger partial charge in [-0.05, 0) is 17.8 Å². The van der Waals surface area contributed by atoms with Crippen molar-refractivity contribution in [2.24, 2.45) is 17.8 Å². The molecule has 15 heavy (non-hydrogen) atoms. The van der Waals surface area contributed by atoms with E-state index in [0.717, 1.165) is 0 Å². The van der Waals surface area contributed by atoms with E-state index < -0.39 is 6.09 Å². The van der Waals surface area contributed by atoms with Crippen LogP contribution < -0.4 is 0 Å². The molecule has 82 valence electrons. The molecule has 2 unspecified atom stereocenters. The van der Waals surface area contributed by atoms with E-state index >= 15 is 0 Å². The molecule has 5 heteroatoms. The van der Waals surface area contributed by atoms with Crippen LogP contribution in [0.5, 0.6) is 0 Å². The van der Waals surface area contributed by atoms with Gasteiger partial charge in [-0.25, -0.2) is 9.59 Å². The highest BCUT2D eigenvalue weighted by atomic mass is 16.5. The maximum Gasteiger partial charge on any atom is 0.407 e. The highest BCUT2D eigenvalue weighted by molar-refractivity contribution is 5.81. The molecule has 2 fully saturated rings. The lowest BCUT2D eigenvalue weighted by molar-refractivity contribution is -0.134. The summed E-state index contributed by atoms with van der Waals surface area (Å²) in [6.07, 6.45) is 2.41. The lowest BCUT2D eigenvalue weighted by atomic mass is 10.2. The first-order chi connectivity index (χ1) is 7.13. The zero-order valence-corrected chi connectivity index (χ0v) is 8.42. The molecule has 1 saturated heterocycles. The molecule has 0 spiro atoms. The molecule has 0 bridgehead atoms. The molecule has 1 aliphatic carbocycles. The van der Waals surface area contributed by atoms with Crippen molar-refractivity contribution in [3.63, 3.8) is 0 Å². The van der Waals surface area contributed by atoms with Crippen LogP contribution in [-0.4, -0.2) is 42.3 Å². The van der Waals surface area contributed by atoms with Crippen LogP contribution in [0.1, 0.15) is 0 Å². The summed E-state index contributed by atoms with van der Waals surface area (Å²) in [6.45, 7) is 1.19. The maximum absolute atomic E-state index is 10.8. The maximum atomic E-state index is 10.8. The summed E-state index contributed by atoms with van der Waals surface area (Å²) < 4.78 is 4.48. The molecule has 2 atom stereocenters. The van der Waals surface area contributed by atoms with Crippen LogP contribution in [0.2, 0.25) is 0 Å². The average molecular weight is 211 g/mol. The molecule has 1 heterocycles. The molecular weight excluding hydrogens is 198 g/mol. The summed E-state index contributed by atoms with van der Waals surface area (Å²) in [5.41, 5.74) is 0. The number of fused-ring (bicyclic) bond motifs is 1. The van der Waals surface area contributed by atoms with Crippen LogP contribution in [0.3, 0.4) is 0 Å². The molecular formula is C10H13NO4. The number of methoxy groups -OCH3 is 1. The van der Waals surface area contributed by atoms with Gasteiger partial charge in [0.25, 0.3) is 0 Å². The van der Waals surface area contributed by atoms with E-state index in [1.54, 1.807) is 0 Å². The summed E-state index contributed by atoms with van der Waals surface area (Å²) in [4.78, 5) is 22.9. The van der Waals surface area contributed by atoms with Gasteiger partial charge in [-0.15, -0.1) is 0 Å². The molecule has 2 rings (SSSR count). The van der Waals surface area contributed by atoms with Crippen molar-refractivity contribution in [3.05, 3.63) is 12.2 Å². The summed E-state index contributed by atoms with van der Waals surface area (Å²) in [5.74, 6) is 0.818. The van der Waals surface area contributed by atoms with Crippen molar-refractivity contribution in [3.8, 4) is 0 Å². The molecule has 5 nitrogen and oxygen atoms in total. The van der Waals surface area contributed by atoms with Gasteiger partial charge in [0, 0.05) is 19.2 Å². The standard InChI is InChI=1S/C10H13NO4/c1-15-9(12)3-2-6-7-4-11(10(13)14)5-8(6)7/h2-3,6-8H,4-5H2,1H3,(H,13,14). The number of carboxylic acid groups (broad SMARTS) is 1. The first-order valence-electron chi connectivity index (χ1n) is 4.87. The highest BCUT2D eigenvalue weighted by Crippen LogP contribution is 2.52. The number of carbonyl (C=O) groups excluding carboxylic acids is 1. The summed E-state index contributed by atoms with van der Waals surface area (Å²) in [7, 11) is 1.34. The Balaban J connectivity index is 1.82. The number of nitrogens with zero attached hydrogens (tertiary/aromatic N) is 1. The van der Waals surface area contributed by atoms with Crippen LogP contribution in [-0.2, 0) is 9.53 Å². The second kappa shape index (κ2) is 3.56. The van der Waals surface area contributed by atoms with Crippen LogP contribution in [0, 0.1) is 17.8 Å². The number of amides is 1. The molecule has 0 aromatic heterocycles. The third kappa shape index (κ3) is 1.82. The van der Waals surface area contributed by atoms with Crippen molar-refractivity contribution in [1.82, 2.24) is 4.90 Å². The Kier molecular flexibility index (Phi) is 2.38. The van der Waals surface area contributed by atoms with Gasteiger partial charge in [-0.3, -0.25) is 0 Å². The van der Waals surface area contributed by atoms with E-state index in [-0.39, 0.29) is 5.97 Å². The van der Waals surface area contributed by atoms with Crippen molar-refractivity contribution in [1.29, 1.82) is 0 Å². The fourth-order valence-electron chi connectivity index (χ4n) is 2.27.